The van der Waals surface area contributed by atoms with E-state index >= 15 is 4.39 Å². The minimum Gasteiger partial charge on any atom is -0.457 e. The summed E-state index contributed by atoms with van der Waals surface area (Å²) >= 11 is 1.56. The first-order valence-corrected chi connectivity index (χ1v) is 16.4. The smallest absolute Gasteiger partial charge is 0.254 e. The van der Waals surface area contributed by atoms with Crippen molar-refractivity contribution in [3.63, 3.8) is 0 Å². The summed E-state index contributed by atoms with van der Waals surface area (Å²) in [4.78, 5) is 30.1. The van der Waals surface area contributed by atoms with Gasteiger partial charge in [-0.3, -0.25) is 14.5 Å². The van der Waals surface area contributed by atoms with Crippen LogP contribution in [-0.4, -0.2) is 76.7 Å². The Kier molecular flexibility index (Phi) is 9.25. The van der Waals surface area contributed by atoms with Crippen LogP contribution in [0.3, 0.4) is 0 Å². The van der Waals surface area contributed by atoms with Crippen LogP contribution in [-0.2, 0) is 16.1 Å². The zero-order valence-corrected chi connectivity index (χ0v) is 26.4. The van der Waals surface area contributed by atoms with Crippen molar-refractivity contribution in [1.29, 1.82) is 0 Å². The Morgan fingerprint density at radius 1 is 1.16 bits per heavy atom. The second-order valence-corrected chi connectivity index (χ2v) is 13.6. The predicted octanol–water partition coefficient (Wildman–Crippen LogP) is 5.61. The molecule has 3 aliphatic heterocycles. The Morgan fingerprint density at radius 2 is 1.93 bits per heavy atom. The van der Waals surface area contributed by atoms with E-state index in [1.807, 2.05) is 31.2 Å². The molecule has 11 heteroatoms. The molecule has 2 aromatic carbocycles. The molecule has 9 nitrogen and oxygen atoms in total. The van der Waals surface area contributed by atoms with Gasteiger partial charge in [0.15, 0.2) is 0 Å². The molecule has 2 unspecified atom stereocenters. The van der Waals surface area contributed by atoms with E-state index in [-0.39, 0.29) is 30.0 Å². The van der Waals surface area contributed by atoms with Gasteiger partial charge in [0.1, 0.15) is 27.3 Å². The number of halogens is 1. The van der Waals surface area contributed by atoms with E-state index in [1.54, 1.807) is 16.2 Å². The molecule has 44 heavy (non-hydrogen) atoms. The SMILES string of the molecule is CC1CC(=O)N(Cc2cc(F)c(C(=O)NC3CCN(C4CCOC4)CC3)cc2Oc2ccc(-c3nnc(C(C)C)s3)cc2)C1. The van der Waals surface area contributed by atoms with Crippen LogP contribution in [0.2, 0.25) is 0 Å². The molecule has 4 heterocycles. The number of ether oxygens (including phenoxy) is 2. The Hall–Kier alpha value is -3.41. The van der Waals surface area contributed by atoms with Gasteiger partial charge in [0.25, 0.3) is 5.91 Å². The number of benzene rings is 2. The first-order chi connectivity index (χ1) is 21.2. The second-order valence-electron chi connectivity index (χ2n) is 12.6. The minimum atomic E-state index is -0.627. The maximum absolute atomic E-state index is 15.5. The number of carbonyl (C=O) groups is 2. The average Bonchev–Trinajstić information content (AvgIpc) is 3.77. The van der Waals surface area contributed by atoms with Crippen LogP contribution in [0.15, 0.2) is 36.4 Å². The molecule has 3 aliphatic rings. The average molecular weight is 622 g/mol. The summed E-state index contributed by atoms with van der Waals surface area (Å²) in [6, 6.07) is 10.7. The molecule has 3 saturated heterocycles. The summed E-state index contributed by atoms with van der Waals surface area (Å²) in [7, 11) is 0. The van der Waals surface area contributed by atoms with Gasteiger partial charge in [-0.2, -0.15) is 0 Å². The van der Waals surface area contributed by atoms with Gasteiger partial charge in [-0.05, 0) is 61.6 Å². The quantitative estimate of drug-likeness (QED) is 0.332. The Balaban J connectivity index is 1.20. The number of hydrogen-bond donors (Lipinski definition) is 1. The van der Waals surface area contributed by atoms with Gasteiger partial charge in [0, 0.05) is 68.3 Å². The molecule has 3 aromatic rings. The predicted molar refractivity (Wildman–Crippen MR) is 166 cm³/mol. The van der Waals surface area contributed by atoms with E-state index in [0.29, 0.717) is 42.0 Å². The molecule has 0 spiro atoms. The van der Waals surface area contributed by atoms with Crippen molar-refractivity contribution in [2.75, 3.05) is 32.8 Å². The molecule has 2 atom stereocenters. The minimum absolute atomic E-state index is 0.0302. The molecular weight excluding hydrogens is 581 g/mol. The van der Waals surface area contributed by atoms with Gasteiger partial charge in [0.2, 0.25) is 5.91 Å². The van der Waals surface area contributed by atoms with E-state index in [2.05, 4.69) is 34.3 Å². The number of piperidine rings is 1. The number of amides is 2. The number of nitrogens with zero attached hydrogens (tertiary/aromatic N) is 4. The first kappa shape index (κ1) is 30.6. The maximum atomic E-state index is 15.5. The van der Waals surface area contributed by atoms with Crippen molar-refractivity contribution in [3.8, 4) is 22.1 Å². The zero-order chi connectivity index (χ0) is 30.8. The van der Waals surface area contributed by atoms with Crippen LogP contribution >= 0.6 is 11.3 Å². The normalized spacial score (nSPS) is 21.4. The number of hydrogen-bond acceptors (Lipinski definition) is 8. The molecule has 2 amide bonds. The molecule has 0 aliphatic carbocycles. The van der Waals surface area contributed by atoms with Crippen molar-refractivity contribution in [1.82, 2.24) is 25.3 Å². The molecule has 1 N–H and O–H groups in total. The number of rotatable bonds is 9. The molecule has 0 saturated carbocycles. The monoisotopic (exact) mass is 621 g/mol. The van der Waals surface area contributed by atoms with Crippen LogP contribution in [0.25, 0.3) is 10.6 Å². The molecule has 1 aromatic heterocycles. The summed E-state index contributed by atoms with van der Waals surface area (Å²) < 4.78 is 27.4. The number of nitrogens with one attached hydrogen (secondary N) is 1. The van der Waals surface area contributed by atoms with Crippen molar-refractivity contribution >= 4 is 23.2 Å². The van der Waals surface area contributed by atoms with Crippen molar-refractivity contribution in [3.05, 3.63) is 58.3 Å². The Bertz CT molecular complexity index is 1480. The van der Waals surface area contributed by atoms with Crippen LogP contribution in [0.1, 0.15) is 73.3 Å². The Morgan fingerprint density at radius 3 is 2.57 bits per heavy atom. The first-order valence-electron chi connectivity index (χ1n) is 15.6. The number of aromatic nitrogens is 2. The fourth-order valence-corrected chi connectivity index (χ4v) is 7.03. The summed E-state index contributed by atoms with van der Waals surface area (Å²) in [5.74, 6) is 0.369. The van der Waals surface area contributed by atoms with Crippen LogP contribution < -0.4 is 10.1 Å². The third-order valence-corrected chi connectivity index (χ3v) is 9.99. The number of likely N-dealkylation sites (tertiary alicyclic amines) is 2. The highest BCUT2D eigenvalue weighted by Gasteiger charge is 2.30. The molecule has 234 valence electrons. The summed E-state index contributed by atoms with van der Waals surface area (Å²) in [5, 5.41) is 13.4. The lowest BCUT2D eigenvalue weighted by Gasteiger charge is -2.35. The van der Waals surface area contributed by atoms with Gasteiger partial charge in [-0.15, -0.1) is 10.2 Å². The zero-order valence-electron chi connectivity index (χ0n) is 25.6. The molecule has 3 fully saturated rings. The van der Waals surface area contributed by atoms with E-state index < -0.39 is 11.7 Å². The fourth-order valence-electron chi connectivity index (χ4n) is 6.17. The summed E-state index contributed by atoms with van der Waals surface area (Å²) in [6.45, 7) is 10.3. The van der Waals surface area contributed by atoms with Crippen molar-refractivity contribution in [2.24, 2.45) is 5.92 Å². The highest BCUT2D eigenvalue weighted by Crippen LogP contribution is 2.34. The molecule has 6 rings (SSSR count). The van der Waals surface area contributed by atoms with Crippen LogP contribution in [0.5, 0.6) is 11.5 Å². The Labute approximate surface area is 261 Å². The van der Waals surface area contributed by atoms with Gasteiger partial charge in [-0.25, -0.2) is 4.39 Å². The fraction of sp³-hybridized carbons (Fsp3) is 0.515. The highest BCUT2D eigenvalue weighted by atomic mass is 32.1. The lowest BCUT2D eigenvalue weighted by Crippen LogP contribution is -2.48. The van der Waals surface area contributed by atoms with Gasteiger partial charge in [-0.1, -0.05) is 32.1 Å². The standard InChI is InChI=1S/C33H40FN5O4S/c1-20(2)32-36-37-33(44-32)22-4-6-26(7-5-22)43-29-16-27(28(34)15-23(29)18-39-17-21(3)14-30(39)40)31(41)35-24-8-11-38(12-9-24)25-10-13-42-19-25/h4-7,15-16,20-21,24-25H,8-14,17-19H2,1-3H3,(H,35,41). The van der Waals surface area contributed by atoms with Gasteiger partial charge in [0.05, 0.1) is 12.2 Å². The van der Waals surface area contributed by atoms with Crippen LogP contribution in [0.4, 0.5) is 4.39 Å². The van der Waals surface area contributed by atoms with Crippen LogP contribution in [0, 0.1) is 11.7 Å². The third-order valence-electron chi connectivity index (χ3n) is 8.71. The number of carbonyl (C=O) groups excluding carboxylic acids is 2. The van der Waals surface area contributed by atoms with Gasteiger partial charge >= 0.3 is 0 Å². The third kappa shape index (κ3) is 6.95. The van der Waals surface area contributed by atoms with E-state index in [9.17, 15) is 9.59 Å². The summed E-state index contributed by atoms with van der Waals surface area (Å²) in [6.07, 6.45) is 3.13. The maximum Gasteiger partial charge on any atom is 0.254 e. The second kappa shape index (κ2) is 13.3. The van der Waals surface area contributed by atoms with E-state index in [0.717, 1.165) is 61.1 Å². The lowest BCUT2D eigenvalue weighted by molar-refractivity contribution is -0.128. The summed E-state index contributed by atoms with van der Waals surface area (Å²) in [5.41, 5.74) is 1.37. The molecule has 0 radical (unpaired) electrons. The highest BCUT2D eigenvalue weighted by molar-refractivity contribution is 7.14. The molecular formula is C33H40FN5O4S. The van der Waals surface area contributed by atoms with Gasteiger partial charge < -0.3 is 19.7 Å². The van der Waals surface area contributed by atoms with Crippen molar-refractivity contribution < 1.29 is 23.5 Å². The molecule has 0 bridgehead atoms. The van der Waals surface area contributed by atoms with E-state index in [4.69, 9.17) is 9.47 Å². The topological polar surface area (TPSA) is 96.9 Å². The van der Waals surface area contributed by atoms with Crippen molar-refractivity contribution in [2.45, 2.75) is 71.0 Å². The lowest BCUT2D eigenvalue weighted by atomic mass is 10.0. The van der Waals surface area contributed by atoms with E-state index in [1.165, 1.54) is 12.1 Å². The largest absolute Gasteiger partial charge is 0.457 e.